The molecule has 2 N–H and O–H groups in total. The van der Waals surface area contributed by atoms with Crippen molar-refractivity contribution in [2.75, 3.05) is 5.32 Å². The summed E-state index contributed by atoms with van der Waals surface area (Å²) in [6.45, 7) is 5.46. The van der Waals surface area contributed by atoms with Crippen LogP contribution in [0.25, 0.3) is 11.3 Å². The van der Waals surface area contributed by atoms with Gasteiger partial charge in [-0.05, 0) is 39.2 Å². The van der Waals surface area contributed by atoms with Crippen LogP contribution in [0, 0.1) is 0 Å². The van der Waals surface area contributed by atoms with Gasteiger partial charge in [0.2, 0.25) is 5.91 Å². The Morgan fingerprint density at radius 3 is 2.33 bits per heavy atom. The lowest BCUT2D eigenvalue weighted by Gasteiger charge is -2.20. The highest BCUT2D eigenvalue weighted by molar-refractivity contribution is 7.14. The zero-order valence-corrected chi connectivity index (χ0v) is 21.5. The van der Waals surface area contributed by atoms with Crippen LogP contribution in [-0.2, 0) is 25.7 Å². The molecule has 190 valence electrons. The van der Waals surface area contributed by atoms with Gasteiger partial charge in [-0.2, -0.15) is 0 Å². The van der Waals surface area contributed by atoms with Crippen molar-refractivity contribution in [2.24, 2.45) is 0 Å². The third-order valence-corrected chi connectivity index (χ3v) is 5.68. The number of hydrogen-bond acceptors (Lipinski definition) is 7. The number of anilines is 1. The molecular formula is C27H31N3O5S. The highest BCUT2D eigenvalue weighted by atomic mass is 32.1. The summed E-state index contributed by atoms with van der Waals surface area (Å²) in [6, 6.07) is 17.9. The summed E-state index contributed by atoms with van der Waals surface area (Å²) in [4.78, 5) is 42.0. The average Bonchev–Trinajstić information content (AvgIpc) is 3.30. The SMILES string of the molecule is CC(C)(C)OC(=O)CCCC(NC(=O)OCc1ccccc1)C(=O)Nc1nc(-c2ccccc2)cs1. The minimum Gasteiger partial charge on any atom is -0.460 e. The summed E-state index contributed by atoms with van der Waals surface area (Å²) in [7, 11) is 0. The van der Waals surface area contributed by atoms with E-state index in [1.807, 2.05) is 66.0 Å². The molecule has 9 heteroatoms. The van der Waals surface area contributed by atoms with Crippen molar-refractivity contribution in [2.45, 2.75) is 58.3 Å². The van der Waals surface area contributed by atoms with Crippen LogP contribution in [0.5, 0.6) is 0 Å². The fourth-order valence-electron chi connectivity index (χ4n) is 3.28. The van der Waals surface area contributed by atoms with E-state index in [9.17, 15) is 14.4 Å². The number of alkyl carbamates (subject to hydrolysis) is 1. The molecule has 0 saturated heterocycles. The maximum Gasteiger partial charge on any atom is 0.408 e. The van der Waals surface area contributed by atoms with Crippen molar-refractivity contribution >= 4 is 34.4 Å². The average molecular weight is 510 g/mol. The van der Waals surface area contributed by atoms with Crippen LogP contribution < -0.4 is 10.6 Å². The molecule has 0 radical (unpaired) electrons. The quantitative estimate of drug-likeness (QED) is 0.347. The Balaban J connectivity index is 1.61. The molecule has 2 amide bonds. The zero-order valence-electron chi connectivity index (χ0n) is 20.7. The summed E-state index contributed by atoms with van der Waals surface area (Å²) < 4.78 is 10.6. The van der Waals surface area contributed by atoms with E-state index in [-0.39, 0.29) is 25.4 Å². The molecule has 0 aliphatic rings. The molecule has 3 aromatic rings. The van der Waals surface area contributed by atoms with Crippen LogP contribution in [0.3, 0.4) is 0 Å². The monoisotopic (exact) mass is 509 g/mol. The third-order valence-electron chi connectivity index (χ3n) is 4.92. The van der Waals surface area contributed by atoms with E-state index in [0.717, 1.165) is 16.8 Å². The first kappa shape index (κ1) is 26.9. The van der Waals surface area contributed by atoms with Crippen molar-refractivity contribution in [3.63, 3.8) is 0 Å². The molecule has 1 aromatic heterocycles. The number of nitrogens with one attached hydrogen (secondary N) is 2. The van der Waals surface area contributed by atoms with Crippen LogP contribution >= 0.6 is 11.3 Å². The fraction of sp³-hybridized carbons (Fsp3) is 0.333. The van der Waals surface area contributed by atoms with Crippen LogP contribution in [0.15, 0.2) is 66.0 Å². The molecule has 8 nitrogen and oxygen atoms in total. The predicted octanol–water partition coefficient (Wildman–Crippen LogP) is 5.56. The second kappa shape index (κ2) is 12.8. The Kier molecular flexibility index (Phi) is 9.58. The normalized spacial score (nSPS) is 11.9. The minimum absolute atomic E-state index is 0.0752. The minimum atomic E-state index is -0.917. The van der Waals surface area contributed by atoms with Gasteiger partial charge in [0.1, 0.15) is 18.2 Å². The molecule has 0 aliphatic carbocycles. The molecule has 1 atom stereocenters. The molecule has 1 heterocycles. The number of carbonyl (C=O) groups is 3. The summed E-state index contributed by atoms with van der Waals surface area (Å²) in [5, 5.41) is 7.65. The molecule has 2 aromatic carbocycles. The molecule has 0 spiro atoms. The van der Waals surface area contributed by atoms with E-state index < -0.39 is 23.6 Å². The lowest BCUT2D eigenvalue weighted by molar-refractivity contribution is -0.155. The Morgan fingerprint density at radius 2 is 1.67 bits per heavy atom. The van der Waals surface area contributed by atoms with Crippen LogP contribution in [0.1, 0.15) is 45.6 Å². The lowest BCUT2D eigenvalue weighted by atomic mass is 10.1. The molecular weight excluding hydrogens is 478 g/mol. The first-order valence-electron chi connectivity index (χ1n) is 11.7. The number of carbonyl (C=O) groups excluding carboxylic acids is 3. The number of nitrogens with zero attached hydrogens (tertiary/aromatic N) is 1. The second-order valence-electron chi connectivity index (χ2n) is 9.13. The summed E-state index contributed by atoms with van der Waals surface area (Å²) in [5.41, 5.74) is 1.92. The van der Waals surface area contributed by atoms with E-state index in [0.29, 0.717) is 11.6 Å². The Labute approximate surface area is 215 Å². The van der Waals surface area contributed by atoms with Gasteiger partial charge < -0.3 is 20.1 Å². The molecule has 1 unspecified atom stereocenters. The van der Waals surface area contributed by atoms with E-state index >= 15 is 0 Å². The van der Waals surface area contributed by atoms with Gasteiger partial charge in [-0.3, -0.25) is 9.59 Å². The third kappa shape index (κ3) is 9.14. The van der Waals surface area contributed by atoms with E-state index in [4.69, 9.17) is 9.47 Å². The number of benzene rings is 2. The molecule has 0 aliphatic heterocycles. The van der Waals surface area contributed by atoms with E-state index in [1.165, 1.54) is 11.3 Å². The van der Waals surface area contributed by atoms with Gasteiger partial charge >= 0.3 is 12.1 Å². The second-order valence-corrected chi connectivity index (χ2v) is 9.99. The topological polar surface area (TPSA) is 107 Å². The Hall–Kier alpha value is -3.72. The highest BCUT2D eigenvalue weighted by Gasteiger charge is 2.24. The van der Waals surface area contributed by atoms with Crippen molar-refractivity contribution < 1.29 is 23.9 Å². The van der Waals surface area contributed by atoms with Crippen LogP contribution in [0.4, 0.5) is 9.93 Å². The van der Waals surface area contributed by atoms with Gasteiger partial charge in [0, 0.05) is 17.4 Å². The largest absolute Gasteiger partial charge is 0.460 e. The number of esters is 1. The number of hydrogen-bond donors (Lipinski definition) is 2. The first-order chi connectivity index (χ1) is 17.2. The van der Waals surface area contributed by atoms with Gasteiger partial charge in [-0.25, -0.2) is 9.78 Å². The summed E-state index contributed by atoms with van der Waals surface area (Å²) >= 11 is 1.29. The number of rotatable bonds is 10. The molecule has 0 saturated carbocycles. The highest BCUT2D eigenvalue weighted by Crippen LogP contribution is 2.25. The van der Waals surface area contributed by atoms with E-state index in [1.54, 1.807) is 20.8 Å². The Bertz CT molecular complexity index is 1140. The van der Waals surface area contributed by atoms with Crippen molar-refractivity contribution in [1.82, 2.24) is 10.3 Å². The molecule has 0 bridgehead atoms. The predicted molar refractivity (Wildman–Crippen MR) is 139 cm³/mol. The standard InChI is InChI=1S/C27H31N3O5S/c1-27(2,3)35-23(31)16-10-15-21(29-26(33)34-17-19-11-6-4-7-12-19)24(32)30-25-28-22(18-36-25)20-13-8-5-9-14-20/h4-9,11-14,18,21H,10,15-17H2,1-3H3,(H,29,33)(H,28,30,32). The van der Waals surface area contributed by atoms with Gasteiger partial charge in [0.15, 0.2) is 5.13 Å². The molecule has 36 heavy (non-hydrogen) atoms. The maximum absolute atomic E-state index is 13.0. The van der Waals surface area contributed by atoms with Gasteiger partial charge in [-0.15, -0.1) is 11.3 Å². The van der Waals surface area contributed by atoms with Gasteiger partial charge in [0.25, 0.3) is 0 Å². The lowest BCUT2D eigenvalue weighted by Crippen LogP contribution is -2.44. The van der Waals surface area contributed by atoms with Gasteiger partial charge in [0.05, 0.1) is 5.69 Å². The zero-order chi connectivity index (χ0) is 26.0. The molecule has 0 fully saturated rings. The summed E-state index contributed by atoms with van der Waals surface area (Å²) in [6.07, 6.45) is -0.0287. The summed E-state index contributed by atoms with van der Waals surface area (Å²) in [5.74, 6) is -0.800. The van der Waals surface area contributed by atoms with E-state index in [2.05, 4.69) is 15.6 Å². The van der Waals surface area contributed by atoms with Gasteiger partial charge in [-0.1, -0.05) is 60.7 Å². The fourth-order valence-corrected chi connectivity index (χ4v) is 4.01. The van der Waals surface area contributed by atoms with Crippen molar-refractivity contribution in [1.29, 1.82) is 0 Å². The molecule has 3 rings (SSSR count). The van der Waals surface area contributed by atoms with Crippen molar-refractivity contribution in [3.05, 3.63) is 71.6 Å². The number of thiazole rings is 1. The van der Waals surface area contributed by atoms with Crippen LogP contribution in [-0.4, -0.2) is 34.6 Å². The maximum atomic E-state index is 13.0. The number of amides is 2. The Morgan fingerprint density at radius 1 is 1.00 bits per heavy atom. The number of aromatic nitrogens is 1. The smallest absolute Gasteiger partial charge is 0.408 e. The first-order valence-corrected chi connectivity index (χ1v) is 12.6. The van der Waals surface area contributed by atoms with Crippen molar-refractivity contribution in [3.8, 4) is 11.3 Å². The van der Waals surface area contributed by atoms with Crippen LogP contribution in [0.2, 0.25) is 0 Å². The number of ether oxygens (including phenoxy) is 2.